The van der Waals surface area contributed by atoms with Gasteiger partial charge in [0.1, 0.15) is 0 Å². The van der Waals surface area contributed by atoms with Crippen LogP contribution in [0, 0.1) is 0 Å². The second-order valence-corrected chi connectivity index (χ2v) is 5.63. The van der Waals surface area contributed by atoms with Gasteiger partial charge in [0.25, 0.3) is 0 Å². The van der Waals surface area contributed by atoms with E-state index in [1.165, 1.54) is 11.3 Å². The molecule has 0 heterocycles. The van der Waals surface area contributed by atoms with Gasteiger partial charge in [-0.15, -0.1) is 0 Å². The van der Waals surface area contributed by atoms with Crippen LogP contribution in [0.5, 0.6) is 0 Å². The predicted molar refractivity (Wildman–Crippen MR) is 85.9 cm³/mol. The van der Waals surface area contributed by atoms with Crippen molar-refractivity contribution < 1.29 is 4.74 Å². The summed E-state index contributed by atoms with van der Waals surface area (Å²) in [6.07, 6.45) is 2.21. The third kappa shape index (κ3) is 5.93. The highest BCUT2D eigenvalue weighted by atomic mass is 79.9. The fraction of sp³-hybridized carbons (Fsp3) is 0.600. The van der Waals surface area contributed by atoms with Crippen molar-refractivity contribution in [1.29, 1.82) is 0 Å². The van der Waals surface area contributed by atoms with Crippen LogP contribution in [0.15, 0.2) is 22.7 Å². The number of halogens is 1. The van der Waals surface area contributed by atoms with Gasteiger partial charge in [0, 0.05) is 44.0 Å². The van der Waals surface area contributed by atoms with Crippen LogP contribution in [0.25, 0.3) is 0 Å². The number of nitrogens with zero attached hydrogens (tertiary/aromatic N) is 1. The van der Waals surface area contributed by atoms with Crippen LogP contribution >= 0.6 is 15.9 Å². The molecule has 0 unspecified atom stereocenters. The number of hydrogen-bond acceptors (Lipinski definition) is 3. The van der Waals surface area contributed by atoms with Crippen LogP contribution in [0.4, 0.5) is 5.69 Å². The number of methoxy groups -OCH3 is 1. The van der Waals surface area contributed by atoms with Crippen LogP contribution in [-0.4, -0.2) is 33.9 Å². The van der Waals surface area contributed by atoms with Crippen molar-refractivity contribution in [3.63, 3.8) is 0 Å². The van der Waals surface area contributed by atoms with E-state index in [1.54, 1.807) is 7.11 Å². The summed E-state index contributed by atoms with van der Waals surface area (Å²) in [6, 6.07) is 6.48. The predicted octanol–water partition coefficient (Wildman–Crippen LogP) is 3.42. The average Bonchev–Trinajstić information content (AvgIpc) is 2.39. The summed E-state index contributed by atoms with van der Waals surface area (Å²) >= 11 is 3.55. The van der Waals surface area contributed by atoms with Gasteiger partial charge in [0.15, 0.2) is 0 Å². The molecular weight excluding hydrogens is 304 g/mol. The molecule has 0 aliphatic heterocycles. The monoisotopic (exact) mass is 328 g/mol. The molecule has 0 aliphatic carbocycles. The molecule has 0 amide bonds. The molecule has 1 rings (SSSR count). The van der Waals surface area contributed by atoms with Crippen molar-refractivity contribution in [3.8, 4) is 0 Å². The molecule has 0 saturated carbocycles. The van der Waals surface area contributed by atoms with Crippen LogP contribution < -0.4 is 10.2 Å². The second-order valence-electron chi connectivity index (χ2n) is 4.72. The van der Waals surface area contributed by atoms with Gasteiger partial charge < -0.3 is 15.0 Å². The summed E-state index contributed by atoms with van der Waals surface area (Å²) in [5.74, 6) is 0. The smallest absolute Gasteiger partial charge is 0.0479 e. The van der Waals surface area contributed by atoms with Gasteiger partial charge in [-0.1, -0.05) is 22.9 Å². The van der Waals surface area contributed by atoms with Gasteiger partial charge in [-0.25, -0.2) is 0 Å². The van der Waals surface area contributed by atoms with Gasteiger partial charge in [-0.05, 0) is 43.1 Å². The molecular formula is C15H25BrN2O. The van der Waals surface area contributed by atoms with Gasteiger partial charge in [-0.3, -0.25) is 0 Å². The Labute approximate surface area is 125 Å². The molecule has 19 heavy (non-hydrogen) atoms. The highest BCUT2D eigenvalue weighted by molar-refractivity contribution is 9.10. The fourth-order valence-corrected chi connectivity index (χ4v) is 2.44. The van der Waals surface area contributed by atoms with Gasteiger partial charge in [0.05, 0.1) is 0 Å². The zero-order valence-corrected chi connectivity index (χ0v) is 13.8. The second kappa shape index (κ2) is 9.34. The van der Waals surface area contributed by atoms with Gasteiger partial charge in [-0.2, -0.15) is 0 Å². The molecule has 1 aromatic rings. The highest BCUT2D eigenvalue weighted by Gasteiger charge is 2.07. The third-order valence-electron chi connectivity index (χ3n) is 3.04. The number of anilines is 1. The molecule has 0 fully saturated rings. The largest absolute Gasteiger partial charge is 0.385 e. The van der Waals surface area contributed by atoms with Crippen LogP contribution in [0.3, 0.4) is 0 Å². The van der Waals surface area contributed by atoms with E-state index in [9.17, 15) is 0 Å². The van der Waals surface area contributed by atoms with Gasteiger partial charge in [0.2, 0.25) is 0 Å². The molecule has 4 heteroatoms. The minimum absolute atomic E-state index is 0.810. The van der Waals surface area contributed by atoms with Crippen LogP contribution in [0.1, 0.15) is 25.3 Å². The van der Waals surface area contributed by atoms with E-state index >= 15 is 0 Å². The quantitative estimate of drug-likeness (QED) is 0.703. The number of nitrogens with one attached hydrogen (secondary N) is 1. The SMILES string of the molecule is CCCNCc1cc(Br)ccc1N(C)CCCOC. The molecule has 0 atom stereocenters. The Morgan fingerprint density at radius 2 is 2.16 bits per heavy atom. The standard InChI is InChI=1S/C15H25BrN2O/c1-4-8-17-12-13-11-14(16)6-7-15(13)18(2)9-5-10-19-3/h6-7,11,17H,4-5,8-10,12H2,1-3H3. The molecule has 0 saturated heterocycles. The summed E-state index contributed by atoms with van der Waals surface area (Å²) in [7, 11) is 3.89. The van der Waals surface area contributed by atoms with Crippen LogP contribution in [-0.2, 0) is 11.3 Å². The van der Waals surface area contributed by atoms with E-state index in [-0.39, 0.29) is 0 Å². The fourth-order valence-electron chi connectivity index (χ4n) is 2.03. The Balaban J connectivity index is 2.68. The van der Waals surface area contributed by atoms with Crippen LogP contribution in [0.2, 0.25) is 0 Å². The van der Waals surface area contributed by atoms with Crippen molar-refractivity contribution >= 4 is 21.6 Å². The molecule has 0 spiro atoms. The maximum Gasteiger partial charge on any atom is 0.0479 e. The summed E-state index contributed by atoms with van der Waals surface area (Å²) in [5, 5.41) is 3.47. The topological polar surface area (TPSA) is 24.5 Å². The lowest BCUT2D eigenvalue weighted by molar-refractivity contribution is 0.196. The number of hydrogen-bond donors (Lipinski definition) is 1. The lowest BCUT2D eigenvalue weighted by atomic mass is 10.1. The Hall–Kier alpha value is -0.580. The zero-order chi connectivity index (χ0) is 14.1. The number of rotatable bonds is 9. The van der Waals surface area contributed by atoms with E-state index in [2.05, 4.69) is 58.3 Å². The lowest BCUT2D eigenvalue weighted by Gasteiger charge is -2.23. The van der Waals surface area contributed by atoms with E-state index in [4.69, 9.17) is 4.74 Å². The lowest BCUT2D eigenvalue weighted by Crippen LogP contribution is -2.23. The summed E-state index contributed by atoms with van der Waals surface area (Å²) < 4.78 is 6.24. The normalized spacial score (nSPS) is 10.7. The third-order valence-corrected chi connectivity index (χ3v) is 3.53. The molecule has 1 aromatic carbocycles. The number of ether oxygens (including phenoxy) is 1. The highest BCUT2D eigenvalue weighted by Crippen LogP contribution is 2.24. The maximum atomic E-state index is 5.11. The zero-order valence-electron chi connectivity index (χ0n) is 12.2. The summed E-state index contributed by atoms with van der Waals surface area (Å²) in [6.45, 7) is 5.98. The minimum Gasteiger partial charge on any atom is -0.385 e. The summed E-state index contributed by atoms with van der Waals surface area (Å²) in [4.78, 5) is 2.30. The van der Waals surface area contributed by atoms with E-state index in [0.29, 0.717) is 0 Å². The molecule has 0 aromatic heterocycles. The molecule has 3 nitrogen and oxygen atoms in total. The van der Waals surface area contributed by atoms with Crippen molar-refractivity contribution in [1.82, 2.24) is 5.32 Å². The van der Waals surface area contributed by atoms with Crippen molar-refractivity contribution in [2.45, 2.75) is 26.3 Å². The average molecular weight is 329 g/mol. The van der Waals surface area contributed by atoms with E-state index in [0.717, 1.165) is 43.6 Å². The first-order valence-electron chi connectivity index (χ1n) is 6.88. The molecule has 0 radical (unpaired) electrons. The van der Waals surface area contributed by atoms with Crippen molar-refractivity contribution in [2.75, 3.05) is 38.8 Å². The maximum absolute atomic E-state index is 5.11. The van der Waals surface area contributed by atoms with Crippen molar-refractivity contribution in [2.24, 2.45) is 0 Å². The first kappa shape index (κ1) is 16.5. The Morgan fingerprint density at radius 3 is 2.84 bits per heavy atom. The minimum atomic E-state index is 0.810. The Morgan fingerprint density at radius 1 is 1.37 bits per heavy atom. The molecule has 0 bridgehead atoms. The Bertz CT molecular complexity index is 371. The molecule has 0 aliphatic rings. The van der Waals surface area contributed by atoms with E-state index < -0.39 is 0 Å². The Kier molecular flexibility index (Phi) is 8.10. The first-order chi connectivity index (χ1) is 9.19. The van der Waals surface area contributed by atoms with Crippen molar-refractivity contribution in [3.05, 3.63) is 28.2 Å². The van der Waals surface area contributed by atoms with E-state index in [1.807, 2.05) is 0 Å². The van der Waals surface area contributed by atoms with Gasteiger partial charge >= 0.3 is 0 Å². The first-order valence-corrected chi connectivity index (χ1v) is 7.67. The summed E-state index contributed by atoms with van der Waals surface area (Å²) in [5.41, 5.74) is 2.63. The molecule has 108 valence electrons. The molecule has 1 N–H and O–H groups in total. The number of benzene rings is 1.